The Morgan fingerprint density at radius 3 is 3.00 bits per heavy atom. The molecule has 0 radical (unpaired) electrons. The van der Waals surface area contributed by atoms with Gasteiger partial charge in [0.15, 0.2) is 0 Å². The molecule has 2 N–H and O–H groups in total. The molecule has 2 aliphatic heterocycles. The largest absolute Gasteiger partial charge is 0.496 e. The lowest BCUT2D eigenvalue weighted by Crippen LogP contribution is -2.62. The number of ether oxygens (including phenoxy) is 1. The molecule has 2 aliphatic rings. The van der Waals surface area contributed by atoms with Crippen LogP contribution in [-0.4, -0.2) is 54.7 Å². The fourth-order valence-corrected chi connectivity index (χ4v) is 3.78. The normalized spacial score (nSPS) is 27.0. The molecule has 1 spiro atoms. The standard InChI is InChI=1S/C18H24N2O4/c1-24-14-6-3-2-5-13(14)11-16(22)20-10-7-15(21)18(12-20)8-4-9-19-17(18)23/h2-3,5-6,15,21H,4,7-12H2,1H3,(H,19,23)/t15-,18-/m1/s1. The predicted octanol–water partition coefficient (Wildman–Crippen LogP) is 0.727. The lowest BCUT2D eigenvalue weighted by molar-refractivity contribution is -0.154. The number of nitrogens with zero attached hydrogens (tertiary/aromatic N) is 1. The van der Waals surface area contributed by atoms with Crippen LogP contribution in [-0.2, 0) is 16.0 Å². The molecule has 2 atom stereocenters. The molecule has 0 bridgehead atoms. The van der Waals surface area contributed by atoms with Crippen LogP contribution in [0.1, 0.15) is 24.8 Å². The highest BCUT2D eigenvalue weighted by molar-refractivity contribution is 5.86. The molecule has 2 fully saturated rings. The fourth-order valence-electron chi connectivity index (χ4n) is 3.78. The van der Waals surface area contributed by atoms with Crippen LogP contribution in [0.5, 0.6) is 5.75 Å². The molecule has 130 valence electrons. The first-order valence-corrected chi connectivity index (χ1v) is 8.43. The number of hydrogen-bond acceptors (Lipinski definition) is 4. The first kappa shape index (κ1) is 16.8. The zero-order chi connectivity index (χ0) is 17.2. The first-order valence-electron chi connectivity index (χ1n) is 8.43. The number of amides is 2. The van der Waals surface area contributed by atoms with Gasteiger partial charge in [0.25, 0.3) is 0 Å². The molecular formula is C18H24N2O4. The van der Waals surface area contributed by atoms with Crippen molar-refractivity contribution in [1.29, 1.82) is 0 Å². The number of benzene rings is 1. The monoisotopic (exact) mass is 332 g/mol. The van der Waals surface area contributed by atoms with Gasteiger partial charge in [-0.3, -0.25) is 9.59 Å². The first-order chi connectivity index (χ1) is 11.6. The van der Waals surface area contributed by atoms with Crippen molar-refractivity contribution in [1.82, 2.24) is 10.2 Å². The summed E-state index contributed by atoms with van der Waals surface area (Å²) in [4.78, 5) is 26.8. The number of carbonyl (C=O) groups excluding carboxylic acids is 2. The van der Waals surface area contributed by atoms with Gasteiger partial charge in [-0.1, -0.05) is 18.2 Å². The summed E-state index contributed by atoms with van der Waals surface area (Å²) in [6.45, 7) is 1.40. The molecule has 6 nitrogen and oxygen atoms in total. The van der Waals surface area contributed by atoms with Crippen LogP contribution in [0.2, 0.25) is 0 Å². The van der Waals surface area contributed by atoms with E-state index in [0.29, 0.717) is 31.7 Å². The Kier molecular flexibility index (Phi) is 4.76. The second-order valence-corrected chi connectivity index (χ2v) is 6.62. The number of aliphatic hydroxyl groups excluding tert-OH is 1. The molecule has 6 heteroatoms. The van der Waals surface area contributed by atoms with Gasteiger partial charge < -0.3 is 20.1 Å². The van der Waals surface area contributed by atoms with Crippen molar-refractivity contribution in [2.24, 2.45) is 5.41 Å². The molecule has 1 aromatic rings. The van der Waals surface area contributed by atoms with E-state index in [-0.39, 0.29) is 24.8 Å². The van der Waals surface area contributed by atoms with Crippen molar-refractivity contribution in [3.8, 4) is 5.75 Å². The van der Waals surface area contributed by atoms with Crippen LogP contribution in [0, 0.1) is 5.41 Å². The van der Waals surface area contributed by atoms with Crippen molar-refractivity contribution >= 4 is 11.8 Å². The van der Waals surface area contributed by atoms with Crippen LogP contribution in [0.15, 0.2) is 24.3 Å². The Morgan fingerprint density at radius 1 is 1.46 bits per heavy atom. The second kappa shape index (κ2) is 6.81. The highest BCUT2D eigenvalue weighted by Crippen LogP contribution is 2.37. The SMILES string of the molecule is COc1ccccc1CC(=O)N1CC[C@@H](O)[C@@]2(CCCNC2=O)C1. The zero-order valence-electron chi connectivity index (χ0n) is 14.0. The number of para-hydroxylation sites is 1. The maximum atomic E-state index is 12.7. The minimum absolute atomic E-state index is 0.0378. The quantitative estimate of drug-likeness (QED) is 0.855. The van der Waals surface area contributed by atoms with E-state index < -0.39 is 11.5 Å². The van der Waals surface area contributed by atoms with Crippen LogP contribution in [0.4, 0.5) is 0 Å². The van der Waals surface area contributed by atoms with E-state index in [0.717, 1.165) is 12.0 Å². The maximum Gasteiger partial charge on any atom is 0.230 e. The smallest absolute Gasteiger partial charge is 0.230 e. The molecule has 2 heterocycles. The molecular weight excluding hydrogens is 308 g/mol. The molecule has 0 saturated carbocycles. The van der Waals surface area contributed by atoms with Gasteiger partial charge in [-0.15, -0.1) is 0 Å². The number of nitrogens with one attached hydrogen (secondary N) is 1. The van der Waals surface area contributed by atoms with E-state index in [2.05, 4.69) is 5.32 Å². The minimum atomic E-state index is -0.854. The van der Waals surface area contributed by atoms with Gasteiger partial charge in [0.2, 0.25) is 11.8 Å². The summed E-state index contributed by atoms with van der Waals surface area (Å²) < 4.78 is 5.30. The van der Waals surface area contributed by atoms with Gasteiger partial charge in [0, 0.05) is 25.2 Å². The molecule has 0 unspecified atom stereocenters. The Labute approximate surface area is 141 Å². The average Bonchev–Trinajstić information content (AvgIpc) is 2.60. The molecule has 0 aliphatic carbocycles. The van der Waals surface area contributed by atoms with Crippen LogP contribution < -0.4 is 10.1 Å². The highest BCUT2D eigenvalue weighted by atomic mass is 16.5. The molecule has 3 rings (SSSR count). The summed E-state index contributed by atoms with van der Waals surface area (Å²) in [6, 6.07) is 7.45. The van der Waals surface area contributed by atoms with Gasteiger partial charge in [-0.2, -0.15) is 0 Å². The van der Waals surface area contributed by atoms with Crippen molar-refractivity contribution in [3.05, 3.63) is 29.8 Å². The summed E-state index contributed by atoms with van der Waals surface area (Å²) in [5, 5.41) is 13.3. The Balaban J connectivity index is 1.75. The van der Waals surface area contributed by atoms with E-state index in [9.17, 15) is 14.7 Å². The molecule has 24 heavy (non-hydrogen) atoms. The van der Waals surface area contributed by atoms with Gasteiger partial charge in [-0.05, 0) is 25.3 Å². The van der Waals surface area contributed by atoms with Gasteiger partial charge in [0.05, 0.1) is 25.0 Å². The van der Waals surface area contributed by atoms with Crippen molar-refractivity contribution < 1.29 is 19.4 Å². The highest BCUT2D eigenvalue weighted by Gasteiger charge is 2.50. The predicted molar refractivity (Wildman–Crippen MR) is 88.6 cm³/mol. The topological polar surface area (TPSA) is 78.9 Å². The van der Waals surface area contributed by atoms with Crippen LogP contribution in [0.25, 0.3) is 0 Å². The number of hydrogen-bond donors (Lipinski definition) is 2. The third-order valence-electron chi connectivity index (χ3n) is 5.21. The molecule has 0 aromatic heterocycles. The van der Waals surface area contributed by atoms with Gasteiger partial charge in [0.1, 0.15) is 5.75 Å². The van der Waals surface area contributed by atoms with E-state index >= 15 is 0 Å². The average molecular weight is 332 g/mol. The summed E-state index contributed by atoms with van der Waals surface area (Å²) >= 11 is 0. The second-order valence-electron chi connectivity index (χ2n) is 6.62. The summed E-state index contributed by atoms with van der Waals surface area (Å²) in [5.41, 5.74) is -0.0225. The number of rotatable bonds is 3. The van der Waals surface area contributed by atoms with Gasteiger partial charge in [-0.25, -0.2) is 0 Å². The maximum absolute atomic E-state index is 12.7. The van der Waals surface area contributed by atoms with Gasteiger partial charge >= 0.3 is 0 Å². The van der Waals surface area contributed by atoms with E-state index in [1.165, 1.54) is 0 Å². The van der Waals surface area contributed by atoms with E-state index in [4.69, 9.17) is 4.74 Å². The minimum Gasteiger partial charge on any atom is -0.496 e. The molecule has 2 amide bonds. The Bertz CT molecular complexity index is 633. The van der Waals surface area contributed by atoms with Crippen molar-refractivity contribution in [3.63, 3.8) is 0 Å². The summed E-state index contributed by atoms with van der Waals surface area (Å²) in [5.74, 6) is 0.521. The molecule has 1 aromatic carbocycles. The van der Waals surface area contributed by atoms with Crippen molar-refractivity contribution in [2.75, 3.05) is 26.7 Å². The van der Waals surface area contributed by atoms with E-state index in [1.54, 1.807) is 12.0 Å². The summed E-state index contributed by atoms with van der Waals surface area (Å²) in [6.07, 6.45) is 1.44. The van der Waals surface area contributed by atoms with E-state index in [1.807, 2.05) is 24.3 Å². The number of likely N-dealkylation sites (tertiary alicyclic amines) is 1. The third kappa shape index (κ3) is 2.98. The van der Waals surface area contributed by atoms with Crippen molar-refractivity contribution in [2.45, 2.75) is 31.8 Å². The third-order valence-corrected chi connectivity index (χ3v) is 5.21. The number of aliphatic hydroxyl groups is 1. The summed E-state index contributed by atoms with van der Waals surface area (Å²) in [7, 11) is 1.59. The Morgan fingerprint density at radius 2 is 2.25 bits per heavy atom. The molecule has 2 saturated heterocycles. The van der Waals surface area contributed by atoms with Crippen LogP contribution >= 0.6 is 0 Å². The number of carbonyl (C=O) groups is 2. The zero-order valence-corrected chi connectivity index (χ0v) is 14.0. The fraction of sp³-hybridized carbons (Fsp3) is 0.556. The number of piperidine rings is 2. The van der Waals surface area contributed by atoms with Crippen LogP contribution in [0.3, 0.4) is 0 Å². The number of methoxy groups -OCH3 is 1. The lowest BCUT2D eigenvalue weighted by atomic mass is 9.71. The lowest BCUT2D eigenvalue weighted by Gasteiger charge is -2.46. The Hall–Kier alpha value is -2.08.